The second-order valence-electron chi connectivity index (χ2n) is 6.21. The molecule has 0 aliphatic heterocycles. The fraction of sp³-hybridized carbons (Fsp3) is 0.588. The monoisotopic (exact) mass is 356 g/mol. The molecule has 0 unspecified atom stereocenters. The quantitative estimate of drug-likeness (QED) is 0.583. The highest BCUT2D eigenvalue weighted by atomic mass is 32.2. The smallest absolute Gasteiger partial charge is 0.240 e. The number of sulfonamides is 1. The van der Waals surface area contributed by atoms with Gasteiger partial charge in [0.25, 0.3) is 0 Å². The van der Waals surface area contributed by atoms with Crippen LogP contribution in [0.5, 0.6) is 0 Å². The highest BCUT2D eigenvalue weighted by Crippen LogP contribution is 2.17. The first-order valence-corrected chi connectivity index (χ1v) is 10.0. The Morgan fingerprint density at radius 2 is 1.71 bits per heavy atom. The number of hydrogen-bond acceptors (Lipinski definition) is 3. The molecule has 2 rings (SSSR count). The fourth-order valence-corrected chi connectivity index (χ4v) is 3.95. The van der Waals surface area contributed by atoms with Crippen molar-refractivity contribution in [2.45, 2.75) is 62.3 Å². The maximum absolute atomic E-state index is 12.8. The Morgan fingerprint density at radius 3 is 2.33 bits per heavy atom. The topological polar surface area (TPSA) is 75.3 Å². The van der Waals surface area contributed by atoms with Crippen LogP contribution in [0.15, 0.2) is 29.2 Å². The van der Waals surface area contributed by atoms with Gasteiger partial charge < -0.3 is 5.32 Å². The van der Waals surface area contributed by atoms with Crippen molar-refractivity contribution >= 4 is 15.9 Å². The van der Waals surface area contributed by atoms with Crippen LogP contribution < -0.4 is 10.0 Å². The zero-order valence-electron chi connectivity index (χ0n) is 13.8. The Hall–Kier alpha value is -1.47. The summed E-state index contributed by atoms with van der Waals surface area (Å²) >= 11 is 0. The van der Waals surface area contributed by atoms with E-state index in [0.717, 1.165) is 37.8 Å². The van der Waals surface area contributed by atoms with Gasteiger partial charge in [0.2, 0.25) is 15.9 Å². The lowest BCUT2D eigenvalue weighted by molar-refractivity contribution is -0.121. The summed E-state index contributed by atoms with van der Waals surface area (Å²) in [5.74, 6) is -0.507. The van der Waals surface area contributed by atoms with Crippen molar-refractivity contribution in [1.82, 2.24) is 10.0 Å². The van der Waals surface area contributed by atoms with Crippen LogP contribution in [0.25, 0.3) is 0 Å². The molecule has 0 atom stereocenters. The molecular weight excluding hydrogens is 331 g/mol. The maximum Gasteiger partial charge on any atom is 0.240 e. The molecular formula is C17H25FN2O3S. The Labute approximate surface area is 143 Å². The molecule has 1 aliphatic rings. The van der Waals surface area contributed by atoms with Crippen LogP contribution in [0, 0.1) is 5.82 Å². The molecule has 1 saturated carbocycles. The average Bonchev–Trinajstić information content (AvgIpc) is 2.81. The van der Waals surface area contributed by atoms with E-state index in [1.54, 1.807) is 0 Å². The Kier molecular flexibility index (Phi) is 7.17. The van der Waals surface area contributed by atoms with Crippen LogP contribution in [0.3, 0.4) is 0 Å². The summed E-state index contributed by atoms with van der Waals surface area (Å²) in [4.78, 5) is 11.9. The van der Waals surface area contributed by atoms with Gasteiger partial charge in [-0.15, -0.1) is 0 Å². The zero-order chi connectivity index (χ0) is 17.4. The predicted octanol–water partition coefficient (Wildman–Crippen LogP) is 2.72. The Bertz CT molecular complexity index is 624. The molecule has 0 bridgehead atoms. The third kappa shape index (κ3) is 6.20. The van der Waals surface area contributed by atoms with E-state index in [0.29, 0.717) is 12.8 Å². The van der Waals surface area contributed by atoms with Crippen LogP contribution in [-0.4, -0.2) is 26.9 Å². The Balaban J connectivity index is 1.69. The highest BCUT2D eigenvalue weighted by Gasteiger charge is 2.16. The molecule has 0 saturated heterocycles. The van der Waals surface area contributed by atoms with Gasteiger partial charge in [0.15, 0.2) is 0 Å². The highest BCUT2D eigenvalue weighted by molar-refractivity contribution is 7.89. The normalized spacial score (nSPS) is 16.5. The average molecular weight is 356 g/mol. The lowest BCUT2D eigenvalue weighted by atomic mass is 10.1. The molecule has 7 heteroatoms. The van der Waals surface area contributed by atoms with E-state index in [-0.39, 0.29) is 23.4 Å². The van der Waals surface area contributed by atoms with Gasteiger partial charge in [-0.2, -0.15) is 0 Å². The second-order valence-corrected chi connectivity index (χ2v) is 7.98. The molecule has 2 N–H and O–H groups in total. The number of nitrogens with one attached hydrogen (secondary N) is 2. The van der Waals surface area contributed by atoms with Crippen molar-refractivity contribution in [2.75, 3.05) is 6.54 Å². The van der Waals surface area contributed by atoms with Crippen LogP contribution in [0.1, 0.15) is 51.4 Å². The van der Waals surface area contributed by atoms with E-state index >= 15 is 0 Å². The summed E-state index contributed by atoms with van der Waals surface area (Å²) in [7, 11) is -3.66. The van der Waals surface area contributed by atoms with Gasteiger partial charge in [0.1, 0.15) is 5.82 Å². The van der Waals surface area contributed by atoms with Gasteiger partial charge in [-0.1, -0.05) is 25.7 Å². The largest absolute Gasteiger partial charge is 0.353 e. The fourth-order valence-electron chi connectivity index (χ4n) is 2.88. The molecule has 24 heavy (non-hydrogen) atoms. The Morgan fingerprint density at radius 1 is 1.08 bits per heavy atom. The number of carbonyl (C=O) groups is 1. The van der Waals surface area contributed by atoms with Crippen molar-refractivity contribution in [3.8, 4) is 0 Å². The third-order valence-corrected chi connectivity index (χ3v) is 5.69. The standard InChI is InChI=1S/C17H25FN2O3S/c18-14-9-11-16(12-10-14)24(22,23)19-13-5-8-17(21)20-15-6-3-1-2-4-7-15/h9-12,15,19H,1-8,13H2,(H,20,21). The first-order valence-electron chi connectivity index (χ1n) is 8.52. The number of carbonyl (C=O) groups excluding carboxylic acids is 1. The number of halogens is 1. The third-order valence-electron chi connectivity index (χ3n) is 4.22. The van der Waals surface area contributed by atoms with Crippen LogP contribution in [-0.2, 0) is 14.8 Å². The van der Waals surface area contributed by atoms with Crippen LogP contribution >= 0.6 is 0 Å². The molecule has 0 radical (unpaired) electrons. The van der Waals surface area contributed by atoms with E-state index in [1.165, 1.54) is 25.0 Å². The van der Waals surface area contributed by atoms with Crippen LogP contribution in [0.4, 0.5) is 4.39 Å². The summed E-state index contributed by atoms with van der Waals surface area (Å²) in [6.07, 6.45) is 7.56. The second kappa shape index (κ2) is 9.13. The van der Waals surface area contributed by atoms with Gasteiger partial charge in [0.05, 0.1) is 4.90 Å². The molecule has 0 heterocycles. The summed E-state index contributed by atoms with van der Waals surface area (Å²) in [5, 5.41) is 3.04. The SMILES string of the molecule is O=C(CCCNS(=O)(=O)c1ccc(F)cc1)NC1CCCCCC1. The number of rotatable bonds is 7. The lowest BCUT2D eigenvalue weighted by Crippen LogP contribution is -2.35. The molecule has 5 nitrogen and oxygen atoms in total. The van der Waals surface area contributed by atoms with E-state index < -0.39 is 15.8 Å². The number of amides is 1. The summed E-state index contributed by atoms with van der Waals surface area (Å²) in [6.45, 7) is 0.178. The molecule has 1 amide bonds. The number of hydrogen-bond donors (Lipinski definition) is 2. The summed E-state index contributed by atoms with van der Waals surface area (Å²) in [5.41, 5.74) is 0. The zero-order valence-corrected chi connectivity index (χ0v) is 14.6. The minimum absolute atomic E-state index is 0.0202. The van der Waals surface area contributed by atoms with Crippen molar-refractivity contribution < 1.29 is 17.6 Å². The summed E-state index contributed by atoms with van der Waals surface area (Å²) < 4.78 is 39.3. The van der Waals surface area contributed by atoms with Crippen LogP contribution in [0.2, 0.25) is 0 Å². The first-order chi connectivity index (χ1) is 11.5. The van der Waals surface area contributed by atoms with E-state index in [2.05, 4.69) is 10.0 Å². The van der Waals surface area contributed by atoms with Gasteiger partial charge >= 0.3 is 0 Å². The van der Waals surface area contributed by atoms with Gasteiger partial charge in [-0.3, -0.25) is 4.79 Å². The lowest BCUT2D eigenvalue weighted by Gasteiger charge is -2.16. The van der Waals surface area contributed by atoms with Crippen molar-refractivity contribution in [3.05, 3.63) is 30.1 Å². The molecule has 0 spiro atoms. The predicted molar refractivity (Wildman–Crippen MR) is 90.5 cm³/mol. The molecule has 1 aromatic carbocycles. The molecule has 1 aliphatic carbocycles. The van der Waals surface area contributed by atoms with E-state index in [9.17, 15) is 17.6 Å². The summed E-state index contributed by atoms with van der Waals surface area (Å²) in [6, 6.07) is 4.91. The minimum atomic E-state index is -3.66. The molecule has 1 aromatic rings. The van der Waals surface area contributed by atoms with Gasteiger partial charge in [-0.25, -0.2) is 17.5 Å². The molecule has 1 fully saturated rings. The van der Waals surface area contributed by atoms with Crippen molar-refractivity contribution in [2.24, 2.45) is 0 Å². The molecule has 134 valence electrons. The van der Waals surface area contributed by atoms with E-state index in [4.69, 9.17) is 0 Å². The van der Waals surface area contributed by atoms with E-state index in [1.807, 2.05) is 0 Å². The molecule has 0 aromatic heterocycles. The minimum Gasteiger partial charge on any atom is -0.353 e. The van der Waals surface area contributed by atoms with Crippen molar-refractivity contribution in [1.29, 1.82) is 0 Å². The van der Waals surface area contributed by atoms with Gasteiger partial charge in [-0.05, 0) is 43.5 Å². The number of benzene rings is 1. The van der Waals surface area contributed by atoms with Crippen molar-refractivity contribution in [3.63, 3.8) is 0 Å². The van der Waals surface area contributed by atoms with Gasteiger partial charge in [0, 0.05) is 19.0 Å². The first kappa shape index (κ1) is 18.9. The maximum atomic E-state index is 12.8.